The molecule has 0 radical (unpaired) electrons. The monoisotopic (exact) mass is 261 g/mol. The zero-order valence-electron chi connectivity index (χ0n) is 9.39. The van der Waals surface area contributed by atoms with Crippen LogP contribution < -0.4 is 4.74 Å². The molecular formula is C11H7N3O5. The highest BCUT2D eigenvalue weighted by atomic mass is 16.6. The van der Waals surface area contributed by atoms with Gasteiger partial charge in [-0.25, -0.2) is 4.79 Å². The lowest BCUT2D eigenvalue weighted by atomic mass is 10.2. The van der Waals surface area contributed by atoms with Gasteiger partial charge in [0.2, 0.25) is 0 Å². The Morgan fingerprint density at radius 2 is 2.21 bits per heavy atom. The first-order valence-electron chi connectivity index (χ1n) is 5.03. The lowest BCUT2D eigenvalue weighted by molar-refractivity contribution is -0.389. The molecule has 0 spiro atoms. The molecule has 0 saturated heterocycles. The average molecular weight is 261 g/mol. The van der Waals surface area contributed by atoms with Gasteiger partial charge >= 0.3 is 11.8 Å². The topological polar surface area (TPSA) is 115 Å². The van der Waals surface area contributed by atoms with Crippen molar-refractivity contribution < 1.29 is 19.6 Å². The van der Waals surface area contributed by atoms with E-state index in [0.29, 0.717) is 5.75 Å². The predicted molar refractivity (Wildman–Crippen MR) is 62.2 cm³/mol. The summed E-state index contributed by atoms with van der Waals surface area (Å²) < 4.78 is 5.28. The summed E-state index contributed by atoms with van der Waals surface area (Å²) in [6.07, 6.45) is 3.90. The van der Waals surface area contributed by atoms with Crippen molar-refractivity contribution in [3.63, 3.8) is 0 Å². The normalized spacial score (nSPS) is 9.89. The first-order valence-corrected chi connectivity index (χ1v) is 5.03. The van der Waals surface area contributed by atoms with Crippen LogP contribution in [0.5, 0.6) is 11.5 Å². The van der Waals surface area contributed by atoms with Gasteiger partial charge in [-0.2, -0.15) is 0 Å². The molecule has 0 saturated carbocycles. The molecule has 8 nitrogen and oxygen atoms in total. The van der Waals surface area contributed by atoms with Gasteiger partial charge in [0.05, 0.1) is 12.3 Å². The third kappa shape index (κ3) is 2.80. The van der Waals surface area contributed by atoms with E-state index in [9.17, 15) is 14.9 Å². The largest absolute Gasteiger partial charge is 0.478 e. The Labute approximate surface area is 106 Å². The molecule has 96 valence electrons. The van der Waals surface area contributed by atoms with Gasteiger partial charge in [0.1, 0.15) is 11.3 Å². The summed E-state index contributed by atoms with van der Waals surface area (Å²) in [6.45, 7) is 0. The van der Waals surface area contributed by atoms with E-state index < -0.39 is 16.7 Å². The van der Waals surface area contributed by atoms with Gasteiger partial charge in [-0.15, -0.1) is 0 Å². The molecule has 0 bridgehead atoms. The molecule has 2 rings (SSSR count). The Hall–Kier alpha value is -3.03. The van der Waals surface area contributed by atoms with Crippen LogP contribution in [-0.4, -0.2) is 26.0 Å². The fourth-order valence-corrected chi connectivity index (χ4v) is 1.31. The molecule has 0 fully saturated rings. The SMILES string of the molecule is O=C(O)c1cc([N+](=O)[O-])ncc1Oc1cccnc1. The van der Waals surface area contributed by atoms with Crippen LogP contribution in [0.4, 0.5) is 5.82 Å². The number of rotatable bonds is 4. The maximum Gasteiger partial charge on any atom is 0.364 e. The molecule has 0 aliphatic rings. The van der Waals surface area contributed by atoms with Crippen LogP contribution in [0.25, 0.3) is 0 Å². The number of carboxylic acid groups (broad SMARTS) is 1. The lowest BCUT2D eigenvalue weighted by Crippen LogP contribution is -2.03. The fourth-order valence-electron chi connectivity index (χ4n) is 1.31. The Balaban J connectivity index is 2.40. The van der Waals surface area contributed by atoms with E-state index in [2.05, 4.69) is 9.97 Å². The first kappa shape index (κ1) is 12.4. The lowest BCUT2D eigenvalue weighted by Gasteiger charge is -2.06. The Bertz CT molecular complexity index is 629. The number of carboxylic acids is 1. The summed E-state index contributed by atoms with van der Waals surface area (Å²) in [5.74, 6) is -1.69. The van der Waals surface area contributed by atoms with E-state index in [0.717, 1.165) is 12.3 Å². The molecule has 8 heteroatoms. The van der Waals surface area contributed by atoms with E-state index in [1.54, 1.807) is 12.1 Å². The minimum atomic E-state index is -1.34. The molecule has 1 N–H and O–H groups in total. The summed E-state index contributed by atoms with van der Waals surface area (Å²) in [5, 5.41) is 19.5. The molecule has 19 heavy (non-hydrogen) atoms. The number of aromatic nitrogens is 2. The number of pyridine rings is 2. The number of aromatic carboxylic acids is 1. The van der Waals surface area contributed by atoms with Gasteiger partial charge in [-0.05, 0) is 22.0 Å². The Kier molecular flexibility index (Phi) is 3.33. The molecule has 0 unspecified atom stereocenters. The van der Waals surface area contributed by atoms with Crippen molar-refractivity contribution in [1.29, 1.82) is 0 Å². The molecule has 0 amide bonds. The second-order valence-corrected chi connectivity index (χ2v) is 3.39. The highest BCUT2D eigenvalue weighted by Gasteiger charge is 2.19. The molecule has 0 aromatic carbocycles. The zero-order valence-corrected chi connectivity index (χ0v) is 9.39. The summed E-state index contributed by atoms with van der Waals surface area (Å²) >= 11 is 0. The molecule has 0 aliphatic heterocycles. The van der Waals surface area contributed by atoms with E-state index in [4.69, 9.17) is 9.84 Å². The maximum atomic E-state index is 11.0. The summed E-state index contributed by atoms with van der Waals surface area (Å²) in [5.41, 5.74) is -0.342. The van der Waals surface area contributed by atoms with Crippen molar-refractivity contribution in [2.75, 3.05) is 0 Å². The number of hydrogen-bond donors (Lipinski definition) is 1. The van der Waals surface area contributed by atoms with E-state index >= 15 is 0 Å². The molecule has 2 aromatic heterocycles. The quantitative estimate of drug-likeness (QED) is 0.659. The minimum absolute atomic E-state index is 0.0916. The van der Waals surface area contributed by atoms with Crippen molar-refractivity contribution in [3.05, 3.63) is 52.5 Å². The van der Waals surface area contributed by atoms with Gasteiger partial charge in [0.25, 0.3) is 0 Å². The van der Waals surface area contributed by atoms with Gasteiger partial charge in [0, 0.05) is 6.20 Å². The molecule has 2 aromatic rings. The third-order valence-electron chi connectivity index (χ3n) is 2.13. The highest BCUT2D eigenvalue weighted by molar-refractivity contribution is 5.91. The number of nitro groups is 1. The average Bonchev–Trinajstić information content (AvgIpc) is 2.39. The molecule has 2 heterocycles. The smallest absolute Gasteiger partial charge is 0.364 e. The van der Waals surface area contributed by atoms with Gasteiger partial charge in [-0.3, -0.25) is 4.98 Å². The summed E-state index contributed by atoms with van der Waals surface area (Å²) in [4.78, 5) is 28.1. The van der Waals surface area contributed by atoms with Crippen molar-refractivity contribution in [2.45, 2.75) is 0 Å². The van der Waals surface area contributed by atoms with Gasteiger partial charge in [0.15, 0.2) is 11.9 Å². The Morgan fingerprint density at radius 1 is 1.42 bits per heavy atom. The van der Waals surface area contributed by atoms with Crippen LogP contribution in [0.2, 0.25) is 0 Å². The minimum Gasteiger partial charge on any atom is -0.478 e. The fraction of sp³-hybridized carbons (Fsp3) is 0. The number of hydrogen-bond acceptors (Lipinski definition) is 6. The van der Waals surface area contributed by atoms with Crippen molar-refractivity contribution in [3.8, 4) is 11.5 Å². The highest BCUT2D eigenvalue weighted by Crippen LogP contribution is 2.26. The zero-order chi connectivity index (χ0) is 13.8. The molecule has 0 aliphatic carbocycles. The van der Waals surface area contributed by atoms with Crippen molar-refractivity contribution in [2.24, 2.45) is 0 Å². The van der Waals surface area contributed by atoms with Crippen LogP contribution >= 0.6 is 0 Å². The number of carbonyl (C=O) groups is 1. The second-order valence-electron chi connectivity index (χ2n) is 3.39. The van der Waals surface area contributed by atoms with E-state index in [1.807, 2.05) is 0 Å². The van der Waals surface area contributed by atoms with Crippen molar-refractivity contribution >= 4 is 11.8 Å². The van der Waals surface area contributed by atoms with E-state index in [-0.39, 0.29) is 11.3 Å². The molecule has 0 atom stereocenters. The summed E-state index contributed by atoms with van der Waals surface area (Å²) in [6, 6.07) is 4.02. The summed E-state index contributed by atoms with van der Waals surface area (Å²) in [7, 11) is 0. The van der Waals surface area contributed by atoms with Crippen LogP contribution in [0.1, 0.15) is 10.4 Å². The third-order valence-corrected chi connectivity index (χ3v) is 2.13. The van der Waals surface area contributed by atoms with Gasteiger partial charge in [-0.1, -0.05) is 0 Å². The number of ether oxygens (including phenoxy) is 1. The van der Waals surface area contributed by atoms with Gasteiger partial charge < -0.3 is 20.0 Å². The van der Waals surface area contributed by atoms with Crippen LogP contribution in [0.15, 0.2) is 36.8 Å². The van der Waals surface area contributed by atoms with Crippen LogP contribution in [-0.2, 0) is 0 Å². The van der Waals surface area contributed by atoms with Crippen LogP contribution in [0, 0.1) is 10.1 Å². The standard InChI is InChI=1S/C11H7N3O5/c15-11(16)8-4-10(14(17)18)13-6-9(8)19-7-2-1-3-12-5-7/h1-6H,(H,15,16). The predicted octanol–water partition coefficient (Wildman–Crippen LogP) is 1.88. The molecular weight excluding hydrogens is 254 g/mol. The second kappa shape index (κ2) is 5.08. The number of nitrogens with zero attached hydrogens (tertiary/aromatic N) is 3. The van der Waals surface area contributed by atoms with Crippen LogP contribution in [0.3, 0.4) is 0 Å². The maximum absolute atomic E-state index is 11.0. The van der Waals surface area contributed by atoms with E-state index in [1.165, 1.54) is 12.4 Å². The van der Waals surface area contributed by atoms with Crippen molar-refractivity contribution in [1.82, 2.24) is 9.97 Å². The Morgan fingerprint density at radius 3 is 2.79 bits per heavy atom. The first-order chi connectivity index (χ1) is 9.08.